The van der Waals surface area contributed by atoms with Gasteiger partial charge in [-0.05, 0) is 62.2 Å². The Morgan fingerprint density at radius 1 is 0.806 bits per heavy atom. The van der Waals surface area contributed by atoms with E-state index in [-0.39, 0.29) is 17.7 Å². The largest absolute Gasteiger partial charge is 0.368 e. The fourth-order valence-electron chi connectivity index (χ4n) is 5.21. The number of piperazine rings is 1. The lowest BCUT2D eigenvalue weighted by atomic mass is 9.89. The Morgan fingerprint density at radius 3 is 2.19 bits per heavy atom. The standard InChI is InChI=1S/C29H31BrN4O2/c1-21-10-11-26(29(36)34-18-16-32(17-19-34)25-8-3-2-4-9-25)27(31-21)22-12-14-33(15-13-22)28(35)23-6-5-7-24(30)20-23/h2-11,20,22H,12-19H2,1H3. The lowest BCUT2D eigenvalue weighted by molar-refractivity contribution is 0.0702. The summed E-state index contributed by atoms with van der Waals surface area (Å²) in [4.78, 5) is 37.6. The third-order valence-electron chi connectivity index (χ3n) is 7.22. The van der Waals surface area contributed by atoms with Crippen LogP contribution in [-0.2, 0) is 0 Å². The molecule has 186 valence electrons. The van der Waals surface area contributed by atoms with Crippen LogP contribution in [0.5, 0.6) is 0 Å². The van der Waals surface area contributed by atoms with Crippen LogP contribution in [-0.4, -0.2) is 65.9 Å². The van der Waals surface area contributed by atoms with Crippen molar-refractivity contribution in [3.63, 3.8) is 0 Å². The molecular formula is C29H31BrN4O2. The van der Waals surface area contributed by atoms with Gasteiger partial charge in [-0.25, -0.2) is 0 Å². The second kappa shape index (κ2) is 10.8. The van der Waals surface area contributed by atoms with Crippen molar-refractivity contribution in [2.24, 2.45) is 0 Å². The zero-order valence-corrected chi connectivity index (χ0v) is 22.2. The summed E-state index contributed by atoms with van der Waals surface area (Å²) in [6, 6.07) is 21.8. The van der Waals surface area contributed by atoms with Crippen molar-refractivity contribution < 1.29 is 9.59 Å². The molecule has 2 fully saturated rings. The summed E-state index contributed by atoms with van der Waals surface area (Å²) in [5.74, 6) is 0.290. The molecule has 0 N–H and O–H groups in total. The van der Waals surface area contributed by atoms with E-state index in [1.165, 1.54) is 5.69 Å². The Labute approximate surface area is 221 Å². The van der Waals surface area contributed by atoms with Crippen LogP contribution in [0.2, 0.25) is 0 Å². The average molecular weight is 547 g/mol. The molecule has 0 spiro atoms. The number of anilines is 1. The Balaban J connectivity index is 1.26. The molecule has 2 aliphatic heterocycles. The molecule has 3 heterocycles. The van der Waals surface area contributed by atoms with E-state index in [1.54, 1.807) is 0 Å². The van der Waals surface area contributed by atoms with E-state index in [9.17, 15) is 9.59 Å². The van der Waals surface area contributed by atoms with Gasteiger partial charge in [0.1, 0.15) is 0 Å². The number of nitrogens with zero attached hydrogens (tertiary/aromatic N) is 4. The number of para-hydroxylation sites is 1. The summed E-state index contributed by atoms with van der Waals surface area (Å²) in [7, 11) is 0. The molecule has 36 heavy (non-hydrogen) atoms. The van der Waals surface area contributed by atoms with Gasteiger partial charge in [0.15, 0.2) is 0 Å². The highest BCUT2D eigenvalue weighted by molar-refractivity contribution is 9.10. The number of hydrogen-bond donors (Lipinski definition) is 0. The molecule has 2 saturated heterocycles. The van der Waals surface area contributed by atoms with E-state index in [0.717, 1.165) is 41.8 Å². The summed E-state index contributed by atoms with van der Waals surface area (Å²) >= 11 is 3.45. The Hall–Kier alpha value is -3.19. The molecule has 2 aromatic carbocycles. The van der Waals surface area contributed by atoms with Crippen molar-refractivity contribution in [3.8, 4) is 0 Å². The topological polar surface area (TPSA) is 56.8 Å². The smallest absolute Gasteiger partial charge is 0.255 e. The highest BCUT2D eigenvalue weighted by Crippen LogP contribution is 2.31. The van der Waals surface area contributed by atoms with Crippen molar-refractivity contribution in [2.45, 2.75) is 25.7 Å². The first-order valence-corrected chi connectivity index (χ1v) is 13.4. The third kappa shape index (κ3) is 5.31. The summed E-state index contributed by atoms with van der Waals surface area (Å²) in [6.45, 7) is 6.33. The van der Waals surface area contributed by atoms with Crippen molar-refractivity contribution >= 4 is 33.4 Å². The predicted octanol–water partition coefficient (Wildman–Crippen LogP) is 5.13. The SMILES string of the molecule is Cc1ccc(C(=O)N2CCN(c3ccccc3)CC2)c(C2CCN(C(=O)c3cccc(Br)c3)CC2)n1. The van der Waals surface area contributed by atoms with Crippen LogP contribution < -0.4 is 4.90 Å². The van der Waals surface area contributed by atoms with E-state index >= 15 is 0 Å². The number of rotatable bonds is 4. The number of benzene rings is 2. The summed E-state index contributed by atoms with van der Waals surface area (Å²) in [5, 5.41) is 0. The van der Waals surface area contributed by atoms with Gasteiger partial charge < -0.3 is 14.7 Å². The van der Waals surface area contributed by atoms with Gasteiger partial charge in [-0.3, -0.25) is 14.6 Å². The Kier molecular flexibility index (Phi) is 7.37. The van der Waals surface area contributed by atoms with Crippen LogP contribution in [0.15, 0.2) is 71.2 Å². The zero-order valence-electron chi connectivity index (χ0n) is 20.6. The number of pyridine rings is 1. The summed E-state index contributed by atoms with van der Waals surface area (Å²) < 4.78 is 0.903. The summed E-state index contributed by atoms with van der Waals surface area (Å²) in [5.41, 5.74) is 4.42. The first-order valence-electron chi connectivity index (χ1n) is 12.6. The normalized spacial score (nSPS) is 16.8. The summed E-state index contributed by atoms with van der Waals surface area (Å²) in [6.07, 6.45) is 1.61. The molecule has 0 atom stereocenters. The number of amides is 2. The molecule has 0 unspecified atom stereocenters. The van der Waals surface area contributed by atoms with Crippen LogP contribution in [0.4, 0.5) is 5.69 Å². The van der Waals surface area contributed by atoms with Gasteiger partial charge in [0, 0.05) is 66.6 Å². The maximum atomic E-state index is 13.6. The maximum absolute atomic E-state index is 13.6. The monoisotopic (exact) mass is 546 g/mol. The van der Waals surface area contributed by atoms with Gasteiger partial charge in [-0.1, -0.05) is 40.2 Å². The van der Waals surface area contributed by atoms with Gasteiger partial charge in [0.25, 0.3) is 11.8 Å². The zero-order chi connectivity index (χ0) is 25.1. The first kappa shape index (κ1) is 24.5. The van der Waals surface area contributed by atoms with E-state index in [1.807, 2.05) is 59.2 Å². The van der Waals surface area contributed by atoms with E-state index in [2.05, 4.69) is 45.1 Å². The van der Waals surface area contributed by atoms with Crippen LogP contribution in [0.25, 0.3) is 0 Å². The van der Waals surface area contributed by atoms with E-state index < -0.39 is 0 Å². The number of aryl methyl sites for hydroxylation is 1. The molecule has 0 aliphatic carbocycles. The number of carbonyl (C=O) groups excluding carboxylic acids is 2. The molecule has 2 aliphatic rings. The minimum absolute atomic E-state index is 0.0551. The number of piperidine rings is 1. The van der Waals surface area contributed by atoms with Crippen molar-refractivity contribution in [3.05, 3.63) is 93.7 Å². The minimum Gasteiger partial charge on any atom is -0.368 e. The second-order valence-electron chi connectivity index (χ2n) is 9.58. The van der Waals surface area contributed by atoms with Gasteiger partial charge in [0.05, 0.1) is 11.3 Å². The van der Waals surface area contributed by atoms with Crippen molar-refractivity contribution in [1.82, 2.24) is 14.8 Å². The number of aromatic nitrogens is 1. The lowest BCUT2D eigenvalue weighted by Gasteiger charge is -2.37. The fraction of sp³-hybridized carbons (Fsp3) is 0.345. The van der Waals surface area contributed by atoms with Crippen molar-refractivity contribution in [1.29, 1.82) is 0 Å². The Morgan fingerprint density at radius 2 is 1.50 bits per heavy atom. The highest BCUT2D eigenvalue weighted by atomic mass is 79.9. The average Bonchev–Trinajstić information content (AvgIpc) is 2.93. The molecule has 2 amide bonds. The molecule has 0 bridgehead atoms. The third-order valence-corrected chi connectivity index (χ3v) is 7.72. The molecule has 3 aromatic rings. The Bertz CT molecular complexity index is 1230. The molecule has 7 heteroatoms. The maximum Gasteiger partial charge on any atom is 0.255 e. The molecule has 1 aromatic heterocycles. The molecule has 0 radical (unpaired) electrons. The predicted molar refractivity (Wildman–Crippen MR) is 146 cm³/mol. The second-order valence-corrected chi connectivity index (χ2v) is 10.5. The van der Waals surface area contributed by atoms with Gasteiger partial charge >= 0.3 is 0 Å². The first-order chi connectivity index (χ1) is 17.5. The van der Waals surface area contributed by atoms with Crippen molar-refractivity contribution in [2.75, 3.05) is 44.2 Å². The van der Waals surface area contributed by atoms with E-state index in [4.69, 9.17) is 4.98 Å². The number of carbonyl (C=O) groups is 2. The number of likely N-dealkylation sites (tertiary alicyclic amines) is 1. The fourth-order valence-corrected chi connectivity index (χ4v) is 5.61. The lowest BCUT2D eigenvalue weighted by Crippen LogP contribution is -2.49. The van der Waals surface area contributed by atoms with E-state index in [0.29, 0.717) is 37.3 Å². The molecule has 0 saturated carbocycles. The number of halogens is 1. The van der Waals surface area contributed by atoms with Crippen LogP contribution >= 0.6 is 15.9 Å². The number of hydrogen-bond acceptors (Lipinski definition) is 4. The van der Waals surface area contributed by atoms with Crippen LogP contribution in [0, 0.1) is 6.92 Å². The van der Waals surface area contributed by atoms with Crippen LogP contribution in [0.1, 0.15) is 50.9 Å². The molecule has 6 nitrogen and oxygen atoms in total. The highest BCUT2D eigenvalue weighted by Gasteiger charge is 2.30. The van der Waals surface area contributed by atoms with Gasteiger partial charge in [-0.15, -0.1) is 0 Å². The van der Waals surface area contributed by atoms with Gasteiger partial charge in [0.2, 0.25) is 0 Å². The van der Waals surface area contributed by atoms with Gasteiger partial charge in [-0.2, -0.15) is 0 Å². The minimum atomic E-state index is 0.0551. The molecular weight excluding hydrogens is 516 g/mol. The molecule has 5 rings (SSSR count). The van der Waals surface area contributed by atoms with Crippen LogP contribution in [0.3, 0.4) is 0 Å². The quantitative estimate of drug-likeness (QED) is 0.455.